The standard InChI is InChI=1S/C13H20N2O4S/c1-4-19-13(16)7-8-15(3)20(17,18)11-5-6-12(14)10(2)9-11/h5-6,9H,4,7-8,14H2,1-3H3. The van der Waals surface area contributed by atoms with E-state index in [4.69, 9.17) is 10.5 Å². The number of sulfonamides is 1. The van der Waals surface area contributed by atoms with Crippen molar-refractivity contribution in [2.45, 2.75) is 25.2 Å². The van der Waals surface area contributed by atoms with Gasteiger partial charge in [0.05, 0.1) is 17.9 Å². The number of nitrogen functional groups attached to an aromatic ring is 1. The van der Waals surface area contributed by atoms with Crippen LogP contribution in [0.3, 0.4) is 0 Å². The van der Waals surface area contributed by atoms with Crippen LogP contribution in [0.15, 0.2) is 23.1 Å². The molecule has 112 valence electrons. The molecule has 0 aliphatic rings. The quantitative estimate of drug-likeness (QED) is 0.629. The molecule has 0 amide bonds. The van der Waals surface area contributed by atoms with E-state index < -0.39 is 16.0 Å². The molecule has 2 N–H and O–H groups in total. The van der Waals surface area contributed by atoms with Gasteiger partial charge in [-0.1, -0.05) is 0 Å². The van der Waals surface area contributed by atoms with Crippen LogP contribution < -0.4 is 5.73 Å². The first-order chi connectivity index (χ1) is 9.28. The molecule has 0 saturated carbocycles. The Kier molecular flexibility index (Phi) is 5.52. The summed E-state index contributed by atoms with van der Waals surface area (Å²) in [5, 5.41) is 0. The summed E-state index contributed by atoms with van der Waals surface area (Å²) in [4.78, 5) is 11.4. The highest BCUT2D eigenvalue weighted by molar-refractivity contribution is 7.89. The lowest BCUT2D eigenvalue weighted by atomic mass is 10.2. The molecular weight excluding hydrogens is 280 g/mol. The van der Waals surface area contributed by atoms with E-state index in [0.29, 0.717) is 11.3 Å². The molecule has 0 unspecified atom stereocenters. The Morgan fingerprint density at radius 2 is 2.05 bits per heavy atom. The lowest BCUT2D eigenvalue weighted by molar-refractivity contribution is -0.143. The summed E-state index contributed by atoms with van der Waals surface area (Å²) in [6.45, 7) is 3.81. The first kappa shape index (κ1) is 16.5. The molecule has 0 radical (unpaired) electrons. The minimum atomic E-state index is -3.62. The minimum Gasteiger partial charge on any atom is -0.466 e. The van der Waals surface area contributed by atoms with Crippen LogP contribution in [-0.2, 0) is 19.6 Å². The average Bonchev–Trinajstić information content (AvgIpc) is 2.39. The molecule has 6 nitrogen and oxygen atoms in total. The van der Waals surface area contributed by atoms with E-state index in [0.717, 1.165) is 4.31 Å². The summed E-state index contributed by atoms with van der Waals surface area (Å²) in [5.41, 5.74) is 6.91. The Morgan fingerprint density at radius 1 is 1.40 bits per heavy atom. The van der Waals surface area contributed by atoms with E-state index >= 15 is 0 Å². The third kappa shape index (κ3) is 3.94. The molecule has 1 aromatic rings. The van der Waals surface area contributed by atoms with Gasteiger partial charge in [0, 0.05) is 19.3 Å². The predicted molar refractivity (Wildman–Crippen MR) is 76.7 cm³/mol. The fraction of sp³-hybridized carbons (Fsp3) is 0.462. The fourth-order valence-corrected chi connectivity index (χ4v) is 2.85. The number of aryl methyl sites for hydroxylation is 1. The number of carbonyl (C=O) groups excluding carboxylic acids is 1. The molecule has 1 aromatic carbocycles. The molecule has 0 atom stereocenters. The summed E-state index contributed by atoms with van der Waals surface area (Å²) < 4.78 is 30.5. The van der Waals surface area contributed by atoms with Crippen LogP contribution in [0.2, 0.25) is 0 Å². The van der Waals surface area contributed by atoms with Gasteiger partial charge in [-0.25, -0.2) is 12.7 Å². The molecule has 20 heavy (non-hydrogen) atoms. The number of nitrogens with two attached hydrogens (primary N) is 1. The number of ether oxygens (including phenoxy) is 1. The average molecular weight is 300 g/mol. The molecule has 0 spiro atoms. The molecule has 0 fully saturated rings. The van der Waals surface area contributed by atoms with Gasteiger partial charge in [-0.2, -0.15) is 0 Å². The van der Waals surface area contributed by atoms with Crippen LogP contribution >= 0.6 is 0 Å². The number of carbonyl (C=O) groups is 1. The van der Waals surface area contributed by atoms with Crippen molar-refractivity contribution in [1.29, 1.82) is 0 Å². The maximum atomic E-state index is 12.3. The van der Waals surface area contributed by atoms with Crippen molar-refractivity contribution in [3.8, 4) is 0 Å². The van der Waals surface area contributed by atoms with Crippen LogP contribution in [0.25, 0.3) is 0 Å². The summed E-state index contributed by atoms with van der Waals surface area (Å²) >= 11 is 0. The van der Waals surface area contributed by atoms with E-state index in [1.165, 1.54) is 19.2 Å². The van der Waals surface area contributed by atoms with Crippen LogP contribution in [0.5, 0.6) is 0 Å². The number of esters is 1. The van der Waals surface area contributed by atoms with E-state index in [9.17, 15) is 13.2 Å². The van der Waals surface area contributed by atoms with Crippen LogP contribution in [0, 0.1) is 6.92 Å². The largest absolute Gasteiger partial charge is 0.466 e. The number of rotatable bonds is 6. The number of hydrogen-bond acceptors (Lipinski definition) is 5. The lowest BCUT2D eigenvalue weighted by Crippen LogP contribution is -2.29. The van der Waals surface area contributed by atoms with Crippen molar-refractivity contribution < 1.29 is 17.9 Å². The van der Waals surface area contributed by atoms with Crippen molar-refractivity contribution >= 4 is 21.7 Å². The Balaban J connectivity index is 2.82. The second kappa shape index (κ2) is 6.71. The van der Waals surface area contributed by atoms with Crippen molar-refractivity contribution in [1.82, 2.24) is 4.31 Å². The van der Waals surface area contributed by atoms with Crippen molar-refractivity contribution in [3.63, 3.8) is 0 Å². The van der Waals surface area contributed by atoms with Gasteiger partial charge >= 0.3 is 5.97 Å². The Morgan fingerprint density at radius 3 is 2.60 bits per heavy atom. The van der Waals surface area contributed by atoms with E-state index in [1.807, 2.05) is 0 Å². The van der Waals surface area contributed by atoms with E-state index in [-0.39, 0.29) is 24.5 Å². The van der Waals surface area contributed by atoms with Crippen LogP contribution in [0.1, 0.15) is 18.9 Å². The predicted octanol–water partition coefficient (Wildman–Crippen LogP) is 1.15. The zero-order chi connectivity index (χ0) is 15.3. The summed E-state index contributed by atoms with van der Waals surface area (Å²) in [7, 11) is -2.19. The SMILES string of the molecule is CCOC(=O)CCN(C)S(=O)(=O)c1ccc(N)c(C)c1. The number of hydrogen-bond donors (Lipinski definition) is 1. The molecule has 0 bridgehead atoms. The molecule has 0 heterocycles. The van der Waals surface area contributed by atoms with Crippen LogP contribution in [-0.4, -0.2) is 38.9 Å². The molecule has 0 aromatic heterocycles. The molecular formula is C13H20N2O4S. The van der Waals surface area contributed by atoms with Gasteiger partial charge in [0.25, 0.3) is 0 Å². The Hall–Kier alpha value is -1.60. The number of benzene rings is 1. The van der Waals surface area contributed by atoms with Crippen LogP contribution in [0.4, 0.5) is 5.69 Å². The molecule has 0 aliphatic carbocycles. The van der Waals surface area contributed by atoms with Gasteiger partial charge in [0.2, 0.25) is 10.0 Å². The van der Waals surface area contributed by atoms with Gasteiger partial charge < -0.3 is 10.5 Å². The molecule has 0 aliphatic heterocycles. The Labute approximate surface area is 119 Å². The second-order valence-corrected chi connectivity index (χ2v) is 6.44. The maximum absolute atomic E-state index is 12.3. The second-order valence-electron chi connectivity index (χ2n) is 4.40. The maximum Gasteiger partial charge on any atom is 0.307 e. The summed E-state index contributed by atoms with van der Waals surface area (Å²) in [5.74, 6) is -0.414. The third-order valence-corrected chi connectivity index (χ3v) is 4.74. The van der Waals surface area contributed by atoms with E-state index in [2.05, 4.69) is 0 Å². The Bertz CT molecular complexity index is 584. The van der Waals surface area contributed by atoms with Gasteiger partial charge in [-0.15, -0.1) is 0 Å². The zero-order valence-corrected chi connectivity index (χ0v) is 12.7. The van der Waals surface area contributed by atoms with Crippen molar-refractivity contribution in [2.75, 3.05) is 25.9 Å². The van der Waals surface area contributed by atoms with Gasteiger partial charge in [0.1, 0.15) is 0 Å². The lowest BCUT2D eigenvalue weighted by Gasteiger charge is -2.17. The fourth-order valence-electron chi connectivity index (χ4n) is 1.59. The minimum absolute atomic E-state index is 0.0253. The van der Waals surface area contributed by atoms with Crippen molar-refractivity contribution in [2.24, 2.45) is 0 Å². The third-order valence-electron chi connectivity index (χ3n) is 2.89. The smallest absolute Gasteiger partial charge is 0.307 e. The highest BCUT2D eigenvalue weighted by Gasteiger charge is 2.21. The van der Waals surface area contributed by atoms with E-state index in [1.54, 1.807) is 19.9 Å². The molecule has 0 saturated heterocycles. The zero-order valence-electron chi connectivity index (χ0n) is 11.9. The van der Waals surface area contributed by atoms with Gasteiger partial charge in [-0.05, 0) is 37.6 Å². The highest BCUT2D eigenvalue weighted by Crippen LogP contribution is 2.19. The van der Waals surface area contributed by atoms with Crippen molar-refractivity contribution in [3.05, 3.63) is 23.8 Å². The normalized spacial score (nSPS) is 11.6. The molecule has 1 rings (SSSR count). The number of nitrogens with zero attached hydrogens (tertiary/aromatic N) is 1. The first-order valence-corrected chi connectivity index (χ1v) is 7.71. The molecule has 7 heteroatoms. The summed E-state index contributed by atoms with van der Waals surface area (Å²) in [6, 6.07) is 4.53. The first-order valence-electron chi connectivity index (χ1n) is 6.27. The monoisotopic (exact) mass is 300 g/mol. The highest BCUT2D eigenvalue weighted by atomic mass is 32.2. The topological polar surface area (TPSA) is 89.7 Å². The summed E-state index contributed by atoms with van der Waals surface area (Å²) in [6.07, 6.45) is 0.0253. The van der Waals surface area contributed by atoms with Gasteiger partial charge in [-0.3, -0.25) is 4.79 Å². The van der Waals surface area contributed by atoms with Gasteiger partial charge in [0.15, 0.2) is 0 Å². The number of anilines is 1.